The largest absolute Gasteiger partial charge is 0.506 e. The van der Waals surface area contributed by atoms with Gasteiger partial charge in [-0.3, -0.25) is 4.79 Å². The van der Waals surface area contributed by atoms with Gasteiger partial charge in [0.05, 0.1) is 5.69 Å². The van der Waals surface area contributed by atoms with E-state index in [1.807, 2.05) is 25.1 Å². The van der Waals surface area contributed by atoms with E-state index in [0.717, 1.165) is 5.56 Å². The standard InChI is InChI=1S/C18H11BrN2O2/c1-10-6-7-14(13(19)8-10)21-15(9-20)16-17(22)11-4-2-3-5-12(11)18(16)23/h2-8,22H,1H3. The lowest BCUT2D eigenvalue weighted by Crippen LogP contribution is -2.09. The van der Waals surface area contributed by atoms with Crippen molar-refractivity contribution >= 4 is 38.9 Å². The van der Waals surface area contributed by atoms with E-state index < -0.39 is 0 Å². The Morgan fingerprint density at radius 1 is 1.22 bits per heavy atom. The number of hydrogen-bond donors (Lipinski definition) is 1. The Bertz CT molecular complexity index is 936. The highest BCUT2D eigenvalue weighted by molar-refractivity contribution is 9.10. The van der Waals surface area contributed by atoms with Gasteiger partial charge in [-0.05, 0) is 40.5 Å². The van der Waals surface area contributed by atoms with Crippen molar-refractivity contribution < 1.29 is 9.90 Å². The number of aryl methyl sites for hydroxylation is 1. The number of aliphatic hydroxyl groups excluding tert-OH is 1. The molecule has 0 aromatic heterocycles. The SMILES string of the molecule is Cc1ccc(N=C(C#N)C2=C(O)c3ccccc3C2=O)c(Br)c1. The van der Waals surface area contributed by atoms with E-state index in [1.54, 1.807) is 30.3 Å². The van der Waals surface area contributed by atoms with Crippen molar-refractivity contribution in [3.05, 3.63) is 69.2 Å². The monoisotopic (exact) mass is 366 g/mol. The van der Waals surface area contributed by atoms with Crippen LogP contribution in [0, 0.1) is 18.3 Å². The average molecular weight is 367 g/mol. The van der Waals surface area contributed by atoms with Gasteiger partial charge in [-0.25, -0.2) is 4.99 Å². The third-order valence-electron chi connectivity index (χ3n) is 3.57. The number of benzene rings is 2. The van der Waals surface area contributed by atoms with Crippen LogP contribution in [0.4, 0.5) is 5.69 Å². The fourth-order valence-corrected chi connectivity index (χ4v) is 3.03. The molecule has 0 saturated heterocycles. The minimum atomic E-state index is -0.387. The molecule has 2 aromatic rings. The zero-order valence-corrected chi connectivity index (χ0v) is 13.8. The molecule has 4 nitrogen and oxygen atoms in total. The summed E-state index contributed by atoms with van der Waals surface area (Å²) < 4.78 is 0.716. The van der Waals surface area contributed by atoms with Crippen molar-refractivity contribution in [2.45, 2.75) is 6.92 Å². The molecule has 2 aromatic carbocycles. The molecule has 0 heterocycles. The molecule has 1 aliphatic carbocycles. The van der Waals surface area contributed by atoms with Crippen LogP contribution >= 0.6 is 15.9 Å². The Balaban J connectivity index is 2.13. The molecule has 5 heteroatoms. The van der Waals surface area contributed by atoms with Crippen molar-refractivity contribution in [3.63, 3.8) is 0 Å². The molecular formula is C18H11BrN2O2. The predicted molar refractivity (Wildman–Crippen MR) is 91.9 cm³/mol. The summed E-state index contributed by atoms with van der Waals surface area (Å²) in [5, 5.41) is 19.7. The molecule has 0 spiro atoms. The average Bonchev–Trinajstić information content (AvgIpc) is 2.79. The fraction of sp³-hybridized carbons (Fsp3) is 0.0556. The number of halogens is 1. The second-order valence-corrected chi connectivity index (χ2v) is 5.98. The highest BCUT2D eigenvalue weighted by atomic mass is 79.9. The first-order valence-electron chi connectivity index (χ1n) is 6.85. The summed E-state index contributed by atoms with van der Waals surface area (Å²) in [5.74, 6) is -0.587. The number of nitriles is 1. The molecule has 112 valence electrons. The third-order valence-corrected chi connectivity index (χ3v) is 4.20. The minimum Gasteiger partial charge on any atom is -0.506 e. The van der Waals surface area contributed by atoms with Crippen LogP contribution in [0.2, 0.25) is 0 Å². The number of ketones is 1. The molecular weight excluding hydrogens is 356 g/mol. The minimum absolute atomic E-state index is 0.0545. The molecule has 0 radical (unpaired) electrons. The van der Waals surface area contributed by atoms with Crippen LogP contribution < -0.4 is 0 Å². The highest BCUT2D eigenvalue weighted by Crippen LogP contribution is 2.33. The van der Waals surface area contributed by atoms with E-state index in [-0.39, 0.29) is 22.8 Å². The molecule has 0 saturated carbocycles. The molecule has 23 heavy (non-hydrogen) atoms. The van der Waals surface area contributed by atoms with Crippen LogP contribution in [0.1, 0.15) is 21.5 Å². The number of fused-ring (bicyclic) bond motifs is 1. The number of rotatable bonds is 2. The molecule has 1 aliphatic rings. The first kappa shape index (κ1) is 15.2. The number of aliphatic hydroxyl groups is 1. The van der Waals surface area contributed by atoms with Crippen LogP contribution in [0.3, 0.4) is 0 Å². The zero-order chi connectivity index (χ0) is 16.6. The lowest BCUT2D eigenvalue weighted by Gasteiger charge is -2.03. The number of nitrogens with zero attached hydrogens (tertiary/aromatic N) is 2. The summed E-state index contributed by atoms with van der Waals surface area (Å²) in [7, 11) is 0. The van der Waals surface area contributed by atoms with E-state index in [9.17, 15) is 15.2 Å². The first-order chi connectivity index (χ1) is 11.0. The number of allylic oxidation sites excluding steroid dienone is 1. The normalized spacial score (nSPS) is 14.0. The third kappa shape index (κ3) is 2.58. The van der Waals surface area contributed by atoms with Gasteiger partial charge in [-0.2, -0.15) is 5.26 Å². The van der Waals surface area contributed by atoms with Crippen molar-refractivity contribution in [2.24, 2.45) is 4.99 Å². The molecule has 0 amide bonds. The quantitative estimate of drug-likeness (QED) is 0.794. The van der Waals surface area contributed by atoms with Gasteiger partial charge in [0.25, 0.3) is 0 Å². The van der Waals surface area contributed by atoms with Gasteiger partial charge >= 0.3 is 0 Å². The van der Waals surface area contributed by atoms with Crippen LogP contribution in [0.15, 0.2) is 57.5 Å². The number of Topliss-reactive ketones (excluding diaryl/α,β-unsaturated/α-hetero) is 1. The molecule has 0 unspecified atom stereocenters. The number of aliphatic imine (C=N–C) groups is 1. The fourth-order valence-electron chi connectivity index (χ4n) is 2.44. The number of carbonyl (C=O) groups is 1. The summed E-state index contributed by atoms with van der Waals surface area (Å²) in [5.41, 5.74) is 2.22. The molecule has 0 atom stereocenters. The summed E-state index contributed by atoms with van der Waals surface area (Å²) in [6.07, 6.45) is 0. The summed E-state index contributed by atoms with van der Waals surface area (Å²) in [6.45, 7) is 1.94. The Morgan fingerprint density at radius 3 is 2.52 bits per heavy atom. The maximum absolute atomic E-state index is 12.5. The van der Waals surface area contributed by atoms with Crippen LogP contribution in [0.5, 0.6) is 0 Å². The molecule has 1 N–H and O–H groups in total. The van der Waals surface area contributed by atoms with E-state index in [1.165, 1.54) is 0 Å². The van der Waals surface area contributed by atoms with Gasteiger partial charge in [0.15, 0.2) is 11.5 Å². The maximum Gasteiger partial charge on any atom is 0.200 e. The van der Waals surface area contributed by atoms with Gasteiger partial charge in [-0.1, -0.05) is 30.3 Å². The van der Waals surface area contributed by atoms with Crippen molar-refractivity contribution in [3.8, 4) is 6.07 Å². The second kappa shape index (κ2) is 5.82. The smallest absolute Gasteiger partial charge is 0.200 e. The lowest BCUT2D eigenvalue weighted by molar-refractivity contribution is 0.104. The van der Waals surface area contributed by atoms with Gasteiger partial charge in [0, 0.05) is 15.6 Å². The van der Waals surface area contributed by atoms with Gasteiger partial charge in [0.2, 0.25) is 0 Å². The van der Waals surface area contributed by atoms with E-state index in [0.29, 0.717) is 21.3 Å². The lowest BCUT2D eigenvalue weighted by atomic mass is 10.1. The number of carbonyl (C=O) groups excluding carboxylic acids is 1. The molecule has 3 rings (SSSR count). The van der Waals surface area contributed by atoms with Gasteiger partial charge in [0.1, 0.15) is 17.4 Å². The van der Waals surface area contributed by atoms with Crippen LogP contribution in [0.25, 0.3) is 5.76 Å². The van der Waals surface area contributed by atoms with Crippen molar-refractivity contribution in [2.75, 3.05) is 0 Å². The van der Waals surface area contributed by atoms with E-state index >= 15 is 0 Å². The van der Waals surface area contributed by atoms with Crippen molar-refractivity contribution in [1.82, 2.24) is 0 Å². The Kier molecular flexibility index (Phi) is 3.85. The Labute approximate surface area is 141 Å². The molecule has 0 fully saturated rings. The first-order valence-corrected chi connectivity index (χ1v) is 7.65. The highest BCUT2D eigenvalue weighted by Gasteiger charge is 2.32. The van der Waals surface area contributed by atoms with Crippen LogP contribution in [-0.4, -0.2) is 16.6 Å². The Hall–Kier alpha value is -2.71. The molecule has 0 aliphatic heterocycles. The summed E-state index contributed by atoms with van der Waals surface area (Å²) in [6, 6.07) is 14.1. The molecule has 0 bridgehead atoms. The van der Waals surface area contributed by atoms with Crippen molar-refractivity contribution in [1.29, 1.82) is 5.26 Å². The summed E-state index contributed by atoms with van der Waals surface area (Å²) >= 11 is 3.39. The zero-order valence-electron chi connectivity index (χ0n) is 12.2. The second-order valence-electron chi connectivity index (χ2n) is 5.13. The van der Waals surface area contributed by atoms with Crippen LogP contribution in [-0.2, 0) is 0 Å². The number of hydrogen-bond acceptors (Lipinski definition) is 4. The van der Waals surface area contributed by atoms with Gasteiger partial charge < -0.3 is 5.11 Å². The Morgan fingerprint density at radius 2 is 1.91 bits per heavy atom. The van der Waals surface area contributed by atoms with E-state index in [2.05, 4.69) is 20.9 Å². The summed E-state index contributed by atoms with van der Waals surface area (Å²) in [4.78, 5) is 16.7. The van der Waals surface area contributed by atoms with Gasteiger partial charge in [-0.15, -0.1) is 0 Å². The maximum atomic E-state index is 12.5. The predicted octanol–water partition coefficient (Wildman–Crippen LogP) is 4.52. The topological polar surface area (TPSA) is 73.4 Å². The van der Waals surface area contributed by atoms with E-state index in [4.69, 9.17) is 0 Å².